The van der Waals surface area contributed by atoms with Crippen LogP contribution in [0.3, 0.4) is 0 Å². The van der Waals surface area contributed by atoms with E-state index < -0.39 is 21.7 Å². The quantitative estimate of drug-likeness (QED) is 0.0998. The Morgan fingerprint density at radius 2 is 0.730 bits per heavy atom. The van der Waals surface area contributed by atoms with Crippen molar-refractivity contribution in [3.63, 3.8) is 0 Å². The molecule has 18 aromatic rings. The molecule has 0 saturated carbocycles. The average molecular weight is 2050 g/mol. The molecule has 10 nitrogen and oxygen atoms in total. The van der Waals surface area contributed by atoms with Gasteiger partial charge in [0.2, 0.25) is 0 Å². The van der Waals surface area contributed by atoms with Gasteiger partial charge in [-0.3, -0.25) is 4.57 Å². The zero-order valence-electron chi connectivity index (χ0n) is 102. The second-order valence-corrected chi connectivity index (χ2v) is 45.5. The maximum atomic E-state index is 9.74. The van der Waals surface area contributed by atoms with Crippen LogP contribution in [0.25, 0.3) is 99.8 Å². The fourth-order valence-electron chi connectivity index (χ4n) is 18.5. The molecule has 0 radical (unpaired) electrons. The van der Waals surface area contributed by atoms with Crippen LogP contribution in [-0.2, 0) is 64.4 Å². The first-order valence-electron chi connectivity index (χ1n) is 56.4. The van der Waals surface area contributed by atoms with Crippen LogP contribution in [0.5, 0.6) is 23.0 Å². The molecule has 0 fully saturated rings. The second kappa shape index (κ2) is 36.8. The minimum Gasteiger partial charge on any atom is -0.509 e. The summed E-state index contributed by atoms with van der Waals surface area (Å²) in [4.78, 5) is 17.9. The van der Waals surface area contributed by atoms with Gasteiger partial charge in [0.05, 0.1) is 50.0 Å². The molecule has 2 aliphatic heterocycles. The van der Waals surface area contributed by atoms with Gasteiger partial charge in [0.25, 0.3) is 0 Å². The number of fused-ring (bicyclic) bond motifs is 8. The first-order valence-corrected chi connectivity index (χ1v) is 48.4. The summed E-state index contributed by atoms with van der Waals surface area (Å²) in [5.74, 6) is 3.77. The van der Waals surface area contributed by atoms with Crippen molar-refractivity contribution >= 4 is 89.1 Å². The van der Waals surface area contributed by atoms with Gasteiger partial charge in [0.15, 0.2) is 0 Å². The van der Waals surface area contributed by atoms with E-state index in [1.165, 1.54) is 5.56 Å². The van der Waals surface area contributed by atoms with Crippen LogP contribution in [0.4, 0.5) is 45.5 Å². The minimum absolute atomic E-state index is 0. The number of aryl methyl sites for hydroxylation is 2. The van der Waals surface area contributed by atoms with Crippen LogP contribution in [0.1, 0.15) is 244 Å². The molecule has 718 valence electrons. The zero-order valence-corrected chi connectivity index (χ0v) is 88.1. The molecule has 6 heterocycles. The number of para-hydroxylation sites is 7. The molecule has 20 rings (SSSR count). The molecule has 4 aromatic heterocycles. The number of aromatic nitrogens is 4. The van der Waals surface area contributed by atoms with Crippen molar-refractivity contribution in [1.82, 2.24) is 19.1 Å². The number of hydrogen-bond acceptors (Lipinski definition) is 8. The topological polar surface area (TPSA) is 67.1 Å². The standard InChI is InChI=1S/C66H70N4O.C64H63N4O.Pt/c1-42-35-43(2)61(45-25-29-47(30-26-45)64(6,7)8)62(60(42)44-23-27-46(28-24-44)63(3,4)5)69-41-68(56-21-17-18-22-57(56)69)50-36-49(66(12,13)14)37-52(39-50)71-51-31-32-54-53-19-15-16-20-55(53)70(58(54)40-51)59-38-48(33-34-67-59)65(9,10)11;1-61(2,3)44-28-24-42(25-29-44)51-19-17-20-52(43-26-30-45(31-27-43)62(4,5)6)60(51)67-41-66(56-22-15-16-23-57(56)67)48-36-47(64(10,11)12)37-50(39-48)69-49-32-33-54-53-18-13-14-21-55(53)68(58(54)40-49)59-38-46(34-35-65-59)63(7,8)9;/h15-40H,41H2,1-14H3;13-38,41H,1-12H3;/q;-3;/i23D,24D,25D,26D,27D,28D,29D,30D;24D,25D,26D,27D,28D,29D,30D,31D;. The Labute approximate surface area is 873 Å². The molecule has 0 amide bonds. The van der Waals surface area contributed by atoms with Crippen LogP contribution < -0.4 is 29.1 Å². The number of anilines is 8. The summed E-state index contributed by atoms with van der Waals surface area (Å²) in [5.41, 5.74) is 13.8. The molecule has 2 aliphatic rings. The molecule has 11 heteroatoms. The number of pyridine rings is 2. The van der Waals surface area contributed by atoms with Crippen LogP contribution in [0.15, 0.2) is 315 Å². The van der Waals surface area contributed by atoms with Gasteiger partial charge in [-0.1, -0.05) is 353 Å². The molecule has 141 heavy (non-hydrogen) atoms. The third-order valence-corrected chi connectivity index (χ3v) is 26.5. The smallest absolute Gasteiger partial charge is 0.137 e. The summed E-state index contributed by atoms with van der Waals surface area (Å²) in [6.07, 6.45) is 3.73. The molecular formula is C130H133N8O2Pt-3. The number of hydrogen-bond donors (Lipinski definition) is 0. The van der Waals surface area contributed by atoms with E-state index in [1.54, 1.807) is 18.2 Å². The summed E-state index contributed by atoms with van der Waals surface area (Å²) < 4.78 is 170. The fraction of sp³-hybridized carbons (Fsp3) is 0.269. The van der Waals surface area contributed by atoms with Gasteiger partial charge < -0.3 is 33.6 Å². The molecule has 0 saturated heterocycles. The zero-order chi connectivity index (χ0) is 113. The third kappa shape index (κ3) is 19.3. The average Bonchev–Trinajstić information content (AvgIpc) is 1.70. The molecular weight excluding hydrogens is 1900 g/mol. The largest absolute Gasteiger partial charge is 0.509 e. The van der Waals surface area contributed by atoms with Gasteiger partial charge in [-0.15, -0.1) is 53.6 Å². The first kappa shape index (κ1) is 79.2. The van der Waals surface area contributed by atoms with Gasteiger partial charge >= 0.3 is 0 Å². The predicted molar refractivity (Wildman–Crippen MR) is 592 cm³/mol. The Morgan fingerprint density at radius 1 is 0.312 bits per heavy atom. The van der Waals surface area contributed by atoms with E-state index in [1.807, 2.05) is 217 Å². The fourth-order valence-corrected chi connectivity index (χ4v) is 18.5. The number of rotatable bonds is 14. The van der Waals surface area contributed by atoms with Crippen molar-refractivity contribution in [2.24, 2.45) is 0 Å². The number of ether oxygens (including phenoxy) is 2. The normalized spacial score (nSPS) is 14.9. The summed E-state index contributed by atoms with van der Waals surface area (Å²) in [7, 11) is 0. The molecule has 0 atom stereocenters. The molecule has 0 aliphatic carbocycles. The predicted octanol–water partition coefficient (Wildman–Crippen LogP) is 35.9. The molecule has 14 aromatic carbocycles. The Balaban J connectivity index is 0.000000202. The van der Waals surface area contributed by atoms with Crippen LogP contribution >= 0.6 is 0 Å². The van der Waals surface area contributed by atoms with E-state index in [0.29, 0.717) is 90.3 Å². The van der Waals surface area contributed by atoms with E-state index in [-0.39, 0.29) is 179 Å². The Morgan fingerprint density at radius 3 is 1.23 bits per heavy atom. The van der Waals surface area contributed by atoms with Crippen molar-refractivity contribution in [1.29, 1.82) is 0 Å². The summed E-state index contributed by atoms with van der Waals surface area (Å²) in [5, 5.41) is 4.25. The molecule has 0 spiro atoms. The van der Waals surface area contributed by atoms with Crippen LogP contribution in [-0.4, -0.2) is 25.8 Å². The van der Waals surface area contributed by atoms with Gasteiger partial charge in [-0.05, 0) is 220 Å². The maximum Gasteiger partial charge on any atom is 0.137 e. The maximum absolute atomic E-state index is 9.74. The van der Waals surface area contributed by atoms with Gasteiger partial charge in [-0.25, -0.2) is 9.97 Å². The van der Waals surface area contributed by atoms with E-state index in [9.17, 15) is 21.9 Å². The summed E-state index contributed by atoms with van der Waals surface area (Å²) in [6, 6.07) is 72.6. The summed E-state index contributed by atoms with van der Waals surface area (Å²) >= 11 is 0. The third-order valence-electron chi connectivity index (χ3n) is 26.5. The minimum atomic E-state index is -0.712. The SMILES string of the molecule is [2H]c1c([2H])c(C(C)(C)C)c([2H])c([2H])c1-c1c(C)cc(C)c(-c2c([2H])c([2H])c(C(C)(C)C)c([2H])c2[2H])c1N1CN(c2cc(Oc3ccc4c5ccccc5n(-c5cc(C(C)(C)C)ccn5)c4c3)cc(C(C)(C)C)c2)c2ccccc21.[2H]c1c([2H])c(C(C)(C)C)c([2H])c([2H])c1-c1cccc(-c2c([2H])c([2H])c(C(C)(C)C)c([2H])c2[2H])c1N1[CH-]N(c2[c-]c(Oc3[c-]c4c(cc3)c3ccccc3n4-c3cc(C(C)(C)C)ccn3)cc(C(C)(C)C)c2)c2ccccc21.[Pt]. The van der Waals surface area contributed by atoms with Crippen molar-refractivity contribution < 1.29 is 52.5 Å². The summed E-state index contributed by atoms with van der Waals surface area (Å²) in [6.45, 7) is 54.4. The van der Waals surface area contributed by atoms with Crippen LogP contribution in [0, 0.1) is 32.6 Å². The van der Waals surface area contributed by atoms with E-state index in [4.69, 9.17) is 19.4 Å². The Hall–Kier alpha value is -13.5. The number of benzene rings is 14. The van der Waals surface area contributed by atoms with Gasteiger partial charge in [0.1, 0.15) is 29.8 Å². The Kier molecular flexibility index (Phi) is 20.7. The van der Waals surface area contributed by atoms with E-state index in [0.717, 1.165) is 94.7 Å². The van der Waals surface area contributed by atoms with Crippen molar-refractivity contribution in [3.8, 4) is 79.1 Å². The van der Waals surface area contributed by atoms with Crippen molar-refractivity contribution in [2.45, 2.75) is 223 Å². The van der Waals surface area contributed by atoms with Crippen molar-refractivity contribution in [2.75, 3.05) is 26.3 Å². The van der Waals surface area contributed by atoms with Gasteiger partial charge in [0, 0.05) is 118 Å². The molecule has 0 bridgehead atoms. The van der Waals surface area contributed by atoms with E-state index >= 15 is 0 Å². The van der Waals surface area contributed by atoms with Gasteiger partial charge in [-0.2, -0.15) is 6.07 Å². The van der Waals surface area contributed by atoms with E-state index in [2.05, 4.69) is 211 Å². The molecule has 0 N–H and O–H groups in total. The number of nitrogens with zero attached hydrogens (tertiary/aromatic N) is 8. The first-order chi connectivity index (χ1) is 73.0. The second-order valence-electron chi connectivity index (χ2n) is 45.5. The Bertz CT molecular complexity index is 8560. The monoisotopic (exact) mass is 2050 g/mol. The van der Waals surface area contributed by atoms with Crippen LogP contribution in [0.2, 0.25) is 0 Å². The van der Waals surface area contributed by atoms with Crippen molar-refractivity contribution in [3.05, 3.63) is 390 Å². The molecule has 0 unspecified atom stereocenters.